The molecule has 5 heteroatoms. The zero-order valence-electron chi connectivity index (χ0n) is 9.77. The van der Waals surface area contributed by atoms with Crippen molar-refractivity contribution in [1.29, 1.82) is 0 Å². The van der Waals surface area contributed by atoms with Crippen molar-refractivity contribution in [3.05, 3.63) is 29.0 Å². The predicted octanol–water partition coefficient (Wildman–Crippen LogP) is 1.54. The van der Waals surface area contributed by atoms with Crippen LogP contribution in [0.3, 0.4) is 0 Å². The van der Waals surface area contributed by atoms with E-state index in [-0.39, 0.29) is 11.9 Å². The van der Waals surface area contributed by atoms with Crippen molar-refractivity contribution in [3.8, 4) is 0 Å². The van der Waals surface area contributed by atoms with E-state index < -0.39 is 0 Å². The fraction of sp³-hybridized carbons (Fsp3) is 0.500. The highest BCUT2D eigenvalue weighted by molar-refractivity contribution is 6.33. The number of halogens is 1. The van der Waals surface area contributed by atoms with Crippen LogP contribution in [-0.2, 0) is 0 Å². The number of carbonyl (C=O) groups excluding carboxylic acids is 1. The minimum absolute atomic E-state index is 0.0273. The highest BCUT2D eigenvalue weighted by Crippen LogP contribution is 2.23. The molecule has 0 saturated carbocycles. The molecule has 2 heterocycles. The highest BCUT2D eigenvalue weighted by Gasteiger charge is 2.29. The predicted molar refractivity (Wildman–Crippen MR) is 66.9 cm³/mol. The van der Waals surface area contributed by atoms with E-state index in [2.05, 4.69) is 4.98 Å². The van der Waals surface area contributed by atoms with E-state index in [9.17, 15) is 4.79 Å². The first-order valence-electron chi connectivity index (χ1n) is 5.74. The Morgan fingerprint density at radius 2 is 2.47 bits per heavy atom. The van der Waals surface area contributed by atoms with Gasteiger partial charge in [-0.3, -0.25) is 9.78 Å². The molecule has 0 aromatic carbocycles. The molecule has 1 aliphatic heterocycles. The fourth-order valence-corrected chi connectivity index (χ4v) is 2.32. The van der Waals surface area contributed by atoms with E-state index in [0.29, 0.717) is 16.5 Å². The number of likely N-dealkylation sites (tertiary alicyclic amines) is 1. The van der Waals surface area contributed by atoms with Crippen molar-refractivity contribution in [2.75, 3.05) is 13.1 Å². The Bertz CT molecular complexity index is 422. The number of amides is 1. The molecule has 4 nitrogen and oxygen atoms in total. The van der Waals surface area contributed by atoms with Crippen LogP contribution in [0.4, 0.5) is 0 Å². The zero-order valence-corrected chi connectivity index (χ0v) is 10.5. The molecule has 0 radical (unpaired) electrons. The maximum atomic E-state index is 12.2. The Morgan fingerprint density at radius 1 is 1.71 bits per heavy atom. The Morgan fingerprint density at radius 3 is 3.06 bits per heavy atom. The van der Waals surface area contributed by atoms with E-state index in [1.807, 2.05) is 11.8 Å². The topological polar surface area (TPSA) is 59.2 Å². The van der Waals surface area contributed by atoms with Gasteiger partial charge in [-0.15, -0.1) is 0 Å². The van der Waals surface area contributed by atoms with Gasteiger partial charge < -0.3 is 10.6 Å². The number of nitrogens with zero attached hydrogens (tertiary/aromatic N) is 2. The van der Waals surface area contributed by atoms with Crippen LogP contribution in [0.25, 0.3) is 0 Å². The molecule has 1 aromatic rings. The van der Waals surface area contributed by atoms with E-state index in [0.717, 1.165) is 19.5 Å². The van der Waals surface area contributed by atoms with Crippen LogP contribution < -0.4 is 5.73 Å². The summed E-state index contributed by atoms with van der Waals surface area (Å²) in [5.41, 5.74) is 6.37. The van der Waals surface area contributed by atoms with Crippen molar-refractivity contribution >= 4 is 17.5 Å². The van der Waals surface area contributed by atoms with Gasteiger partial charge in [-0.1, -0.05) is 11.6 Å². The largest absolute Gasteiger partial charge is 0.338 e. The number of rotatable bonds is 2. The number of hydrogen-bond acceptors (Lipinski definition) is 3. The van der Waals surface area contributed by atoms with Gasteiger partial charge in [0.05, 0.1) is 10.6 Å². The number of carbonyl (C=O) groups is 1. The maximum Gasteiger partial charge on any atom is 0.255 e. The van der Waals surface area contributed by atoms with Crippen LogP contribution in [0.1, 0.15) is 23.7 Å². The molecule has 1 aromatic heterocycles. The van der Waals surface area contributed by atoms with Gasteiger partial charge in [0.15, 0.2) is 0 Å². The molecule has 1 amide bonds. The molecule has 2 rings (SSSR count). The summed E-state index contributed by atoms with van der Waals surface area (Å²) in [7, 11) is 0. The van der Waals surface area contributed by atoms with Crippen molar-refractivity contribution < 1.29 is 4.79 Å². The third-order valence-electron chi connectivity index (χ3n) is 3.26. The number of aromatic nitrogens is 1. The van der Waals surface area contributed by atoms with E-state index >= 15 is 0 Å². The van der Waals surface area contributed by atoms with Gasteiger partial charge in [-0.05, 0) is 25.3 Å². The minimum atomic E-state index is -0.0273. The van der Waals surface area contributed by atoms with Gasteiger partial charge >= 0.3 is 0 Å². The Hall–Kier alpha value is -1.13. The second-order valence-electron chi connectivity index (χ2n) is 4.51. The summed E-state index contributed by atoms with van der Waals surface area (Å²) in [5, 5.41) is 0.404. The van der Waals surface area contributed by atoms with Crippen molar-refractivity contribution in [2.45, 2.75) is 19.4 Å². The monoisotopic (exact) mass is 253 g/mol. The van der Waals surface area contributed by atoms with Gasteiger partial charge in [0.2, 0.25) is 0 Å². The molecule has 1 aliphatic rings. The van der Waals surface area contributed by atoms with Gasteiger partial charge in [0.1, 0.15) is 0 Å². The third-order valence-corrected chi connectivity index (χ3v) is 3.56. The van der Waals surface area contributed by atoms with Crippen LogP contribution >= 0.6 is 11.6 Å². The average molecular weight is 254 g/mol. The molecule has 1 saturated heterocycles. The van der Waals surface area contributed by atoms with Crippen molar-refractivity contribution in [3.63, 3.8) is 0 Å². The summed E-state index contributed by atoms with van der Waals surface area (Å²) < 4.78 is 0. The van der Waals surface area contributed by atoms with E-state index in [1.54, 1.807) is 12.3 Å². The van der Waals surface area contributed by atoms with Crippen LogP contribution in [0, 0.1) is 5.92 Å². The van der Waals surface area contributed by atoms with Crippen molar-refractivity contribution in [2.24, 2.45) is 11.7 Å². The minimum Gasteiger partial charge on any atom is -0.338 e. The average Bonchev–Trinajstić information content (AvgIpc) is 2.78. The normalized spacial score (nSPS) is 21.6. The van der Waals surface area contributed by atoms with Crippen LogP contribution in [0.15, 0.2) is 18.5 Å². The Kier molecular flexibility index (Phi) is 3.64. The summed E-state index contributed by atoms with van der Waals surface area (Å²) in [5.74, 6) is 0.361. The lowest BCUT2D eigenvalue weighted by Crippen LogP contribution is -2.33. The molecule has 0 aliphatic carbocycles. The molecule has 0 bridgehead atoms. The van der Waals surface area contributed by atoms with Gasteiger partial charge in [-0.25, -0.2) is 0 Å². The van der Waals surface area contributed by atoms with Crippen LogP contribution in [0.5, 0.6) is 0 Å². The van der Waals surface area contributed by atoms with Crippen LogP contribution in [-0.4, -0.2) is 34.9 Å². The number of nitrogens with two attached hydrogens (primary N) is 1. The molecular formula is C12H16ClN3O. The molecule has 0 spiro atoms. The van der Waals surface area contributed by atoms with Gasteiger partial charge in [0, 0.05) is 31.5 Å². The summed E-state index contributed by atoms with van der Waals surface area (Å²) in [6.07, 6.45) is 4.04. The molecule has 2 N–H and O–H groups in total. The quantitative estimate of drug-likeness (QED) is 0.870. The molecule has 17 heavy (non-hydrogen) atoms. The Balaban J connectivity index is 2.10. The second-order valence-corrected chi connectivity index (χ2v) is 4.92. The highest BCUT2D eigenvalue weighted by atomic mass is 35.5. The van der Waals surface area contributed by atoms with E-state index in [4.69, 9.17) is 17.3 Å². The lowest BCUT2D eigenvalue weighted by molar-refractivity contribution is 0.0786. The summed E-state index contributed by atoms with van der Waals surface area (Å²) >= 11 is 5.96. The van der Waals surface area contributed by atoms with Crippen LogP contribution in [0.2, 0.25) is 5.02 Å². The van der Waals surface area contributed by atoms with Gasteiger partial charge in [0.25, 0.3) is 5.91 Å². The lowest BCUT2D eigenvalue weighted by atomic mass is 10.0. The molecule has 2 unspecified atom stereocenters. The smallest absolute Gasteiger partial charge is 0.255 e. The number of hydrogen-bond donors (Lipinski definition) is 1. The van der Waals surface area contributed by atoms with Crippen molar-refractivity contribution in [1.82, 2.24) is 9.88 Å². The molecule has 2 atom stereocenters. The summed E-state index contributed by atoms with van der Waals surface area (Å²) in [6, 6.07) is 1.78. The van der Waals surface area contributed by atoms with Gasteiger partial charge in [-0.2, -0.15) is 0 Å². The first-order valence-corrected chi connectivity index (χ1v) is 6.11. The first-order chi connectivity index (χ1) is 8.09. The molecule has 92 valence electrons. The third kappa shape index (κ3) is 2.58. The maximum absolute atomic E-state index is 12.2. The standard InChI is InChI=1S/C12H16ClN3O/c1-8(14)9-3-5-16(7-9)12(17)10-2-4-15-6-11(10)13/h2,4,6,8-9H,3,5,7,14H2,1H3. The fourth-order valence-electron chi connectivity index (χ4n) is 2.12. The SMILES string of the molecule is CC(N)C1CCN(C(=O)c2ccncc2Cl)C1. The number of pyridine rings is 1. The first kappa shape index (κ1) is 12.3. The summed E-state index contributed by atoms with van der Waals surface area (Å²) in [4.78, 5) is 17.9. The zero-order chi connectivity index (χ0) is 12.4. The van der Waals surface area contributed by atoms with E-state index in [1.165, 1.54) is 6.20 Å². The lowest BCUT2D eigenvalue weighted by Gasteiger charge is -2.18. The molecular weight excluding hydrogens is 238 g/mol. The molecule has 1 fully saturated rings. The summed E-state index contributed by atoms with van der Waals surface area (Å²) in [6.45, 7) is 3.46. The second kappa shape index (κ2) is 5.02. The Labute approximate surface area is 106 Å².